The maximum Gasteiger partial charge on any atom is 0.221 e. The van der Waals surface area contributed by atoms with Crippen LogP contribution in [0.5, 0.6) is 17.2 Å². The molecule has 1 atom stereocenters. The summed E-state index contributed by atoms with van der Waals surface area (Å²) in [6.07, 6.45) is 0.426. The highest BCUT2D eigenvalue weighted by Crippen LogP contribution is 2.30. The van der Waals surface area contributed by atoms with Crippen LogP contribution in [0.3, 0.4) is 0 Å². The molecule has 3 rings (SSSR count). The second kappa shape index (κ2) is 9.22. The number of methoxy groups -OCH3 is 1. The van der Waals surface area contributed by atoms with Crippen molar-refractivity contribution in [1.82, 2.24) is 10.6 Å². The summed E-state index contributed by atoms with van der Waals surface area (Å²) in [7, 11) is 1.61. The summed E-state index contributed by atoms with van der Waals surface area (Å²) in [6, 6.07) is 15.2. The van der Waals surface area contributed by atoms with Crippen molar-refractivity contribution in [3.63, 3.8) is 0 Å². The number of carbonyl (C=O) groups is 1. The summed E-state index contributed by atoms with van der Waals surface area (Å²) in [5, 5.41) is 6.21. The lowest BCUT2D eigenvalue weighted by atomic mass is 10.1. The third-order valence-electron chi connectivity index (χ3n) is 4.14. The summed E-state index contributed by atoms with van der Waals surface area (Å²) in [5.74, 6) is 2.08. The van der Waals surface area contributed by atoms with Crippen LogP contribution in [0.1, 0.15) is 12.0 Å². The van der Waals surface area contributed by atoms with Crippen molar-refractivity contribution < 1.29 is 19.0 Å². The largest absolute Gasteiger partial charge is 0.493 e. The highest BCUT2D eigenvalue weighted by Gasteiger charge is 2.16. The van der Waals surface area contributed by atoms with E-state index >= 15 is 0 Å². The van der Waals surface area contributed by atoms with Crippen LogP contribution in [0.2, 0.25) is 0 Å². The van der Waals surface area contributed by atoms with E-state index in [0.717, 1.165) is 12.1 Å². The highest BCUT2D eigenvalue weighted by molar-refractivity contribution is 5.76. The van der Waals surface area contributed by atoms with Gasteiger partial charge in [-0.1, -0.05) is 24.3 Å². The Balaban J connectivity index is 1.49. The van der Waals surface area contributed by atoms with Crippen LogP contribution < -0.4 is 20.1 Å². The molecule has 1 unspecified atom stereocenters. The summed E-state index contributed by atoms with van der Waals surface area (Å²) < 4.78 is 16.5. The van der Waals surface area contributed by atoms with Gasteiger partial charge in [0.2, 0.25) is 5.91 Å². The first kappa shape index (κ1) is 18.2. The van der Waals surface area contributed by atoms with E-state index in [1.165, 1.54) is 0 Å². The Morgan fingerprint density at radius 3 is 2.65 bits per heavy atom. The van der Waals surface area contributed by atoms with E-state index in [0.29, 0.717) is 43.4 Å². The predicted octanol–water partition coefficient (Wildman–Crippen LogP) is 2.48. The summed E-state index contributed by atoms with van der Waals surface area (Å²) in [4.78, 5) is 12.0. The van der Waals surface area contributed by atoms with E-state index in [4.69, 9.17) is 14.2 Å². The van der Waals surface area contributed by atoms with Gasteiger partial charge in [0.05, 0.1) is 20.3 Å². The topological polar surface area (TPSA) is 68.8 Å². The molecule has 0 aromatic heterocycles. The van der Waals surface area contributed by atoms with E-state index in [2.05, 4.69) is 10.6 Å². The van der Waals surface area contributed by atoms with Gasteiger partial charge in [-0.3, -0.25) is 4.79 Å². The molecular weight excluding hydrogens is 332 g/mol. The lowest BCUT2D eigenvalue weighted by Gasteiger charge is -2.23. The molecule has 1 amide bonds. The number of para-hydroxylation sites is 2. The molecule has 0 bridgehead atoms. The summed E-state index contributed by atoms with van der Waals surface area (Å²) >= 11 is 0. The van der Waals surface area contributed by atoms with Crippen molar-refractivity contribution in [1.29, 1.82) is 0 Å². The van der Waals surface area contributed by atoms with Crippen molar-refractivity contribution in [2.75, 3.05) is 26.9 Å². The van der Waals surface area contributed by atoms with Gasteiger partial charge in [0.1, 0.15) is 5.75 Å². The molecule has 0 saturated carbocycles. The average molecular weight is 356 g/mol. The minimum absolute atomic E-state index is 0.0161. The van der Waals surface area contributed by atoms with Crippen LogP contribution in [-0.2, 0) is 16.1 Å². The Bertz CT molecular complexity index is 712. The SMILES string of the molecule is COc1ccccc1Oc1ccc(CNC(=O)CC2COCCN2)cc1. The Labute approximate surface area is 153 Å². The second-order valence-corrected chi connectivity index (χ2v) is 6.10. The Hall–Kier alpha value is -2.57. The second-order valence-electron chi connectivity index (χ2n) is 6.10. The van der Waals surface area contributed by atoms with Gasteiger partial charge < -0.3 is 24.8 Å². The fourth-order valence-electron chi connectivity index (χ4n) is 2.75. The first-order valence-corrected chi connectivity index (χ1v) is 8.72. The number of hydrogen-bond acceptors (Lipinski definition) is 5. The molecule has 2 aromatic rings. The van der Waals surface area contributed by atoms with E-state index in [1.807, 2.05) is 48.5 Å². The summed E-state index contributed by atoms with van der Waals surface area (Å²) in [5.41, 5.74) is 1.01. The quantitative estimate of drug-likeness (QED) is 0.798. The number of morpholine rings is 1. The van der Waals surface area contributed by atoms with Gasteiger partial charge in [0.15, 0.2) is 11.5 Å². The zero-order valence-corrected chi connectivity index (χ0v) is 14.9. The number of rotatable bonds is 7. The molecule has 2 aromatic carbocycles. The predicted molar refractivity (Wildman–Crippen MR) is 98.6 cm³/mol. The molecule has 1 aliphatic rings. The number of nitrogens with one attached hydrogen (secondary N) is 2. The number of benzene rings is 2. The van der Waals surface area contributed by atoms with Gasteiger partial charge >= 0.3 is 0 Å². The summed E-state index contributed by atoms with van der Waals surface area (Å²) in [6.45, 7) is 2.58. The van der Waals surface area contributed by atoms with Crippen LogP contribution in [-0.4, -0.2) is 38.8 Å². The van der Waals surface area contributed by atoms with Crippen LogP contribution in [0.25, 0.3) is 0 Å². The molecule has 0 aliphatic carbocycles. The van der Waals surface area contributed by atoms with Gasteiger partial charge in [-0.2, -0.15) is 0 Å². The van der Waals surface area contributed by atoms with Gasteiger partial charge in [0.25, 0.3) is 0 Å². The van der Waals surface area contributed by atoms with Crippen LogP contribution >= 0.6 is 0 Å². The van der Waals surface area contributed by atoms with Crippen molar-refractivity contribution >= 4 is 5.91 Å². The molecule has 1 saturated heterocycles. The van der Waals surface area contributed by atoms with Crippen LogP contribution in [0.4, 0.5) is 0 Å². The molecule has 1 fully saturated rings. The number of ether oxygens (including phenoxy) is 3. The Kier molecular flexibility index (Phi) is 6.46. The molecule has 0 spiro atoms. The third kappa shape index (κ3) is 5.21. The molecule has 6 nitrogen and oxygen atoms in total. The maximum atomic E-state index is 12.0. The minimum Gasteiger partial charge on any atom is -0.493 e. The molecule has 26 heavy (non-hydrogen) atoms. The van der Waals surface area contributed by atoms with E-state index in [1.54, 1.807) is 7.11 Å². The third-order valence-corrected chi connectivity index (χ3v) is 4.14. The van der Waals surface area contributed by atoms with Gasteiger partial charge in [-0.25, -0.2) is 0 Å². The molecule has 1 aliphatic heterocycles. The molecule has 0 radical (unpaired) electrons. The standard InChI is InChI=1S/C20H24N2O4/c1-24-18-4-2-3-5-19(18)26-17-8-6-15(7-9-17)13-22-20(23)12-16-14-25-11-10-21-16/h2-9,16,21H,10-14H2,1H3,(H,22,23). The number of carbonyl (C=O) groups excluding carboxylic acids is 1. The van der Waals surface area contributed by atoms with Crippen LogP contribution in [0.15, 0.2) is 48.5 Å². The first-order chi connectivity index (χ1) is 12.7. The fourth-order valence-corrected chi connectivity index (χ4v) is 2.75. The zero-order chi connectivity index (χ0) is 18.2. The van der Waals surface area contributed by atoms with E-state index in [-0.39, 0.29) is 11.9 Å². The van der Waals surface area contributed by atoms with E-state index < -0.39 is 0 Å². The maximum absolute atomic E-state index is 12.0. The highest BCUT2D eigenvalue weighted by atomic mass is 16.5. The number of hydrogen-bond donors (Lipinski definition) is 2. The van der Waals surface area contributed by atoms with E-state index in [9.17, 15) is 4.79 Å². The van der Waals surface area contributed by atoms with Gasteiger partial charge in [-0.15, -0.1) is 0 Å². The Morgan fingerprint density at radius 2 is 1.96 bits per heavy atom. The first-order valence-electron chi connectivity index (χ1n) is 8.72. The lowest BCUT2D eigenvalue weighted by molar-refractivity contribution is -0.122. The molecule has 6 heteroatoms. The molecule has 2 N–H and O–H groups in total. The zero-order valence-electron chi connectivity index (χ0n) is 14.9. The van der Waals surface area contributed by atoms with Crippen molar-refractivity contribution in [2.24, 2.45) is 0 Å². The smallest absolute Gasteiger partial charge is 0.221 e. The minimum atomic E-state index is 0.0161. The van der Waals surface area contributed by atoms with Crippen LogP contribution in [0, 0.1) is 0 Å². The van der Waals surface area contributed by atoms with Crippen molar-refractivity contribution in [2.45, 2.75) is 19.0 Å². The monoisotopic (exact) mass is 356 g/mol. The fraction of sp³-hybridized carbons (Fsp3) is 0.350. The van der Waals surface area contributed by atoms with Crippen molar-refractivity contribution in [3.05, 3.63) is 54.1 Å². The molecule has 138 valence electrons. The van der Waals surface area contributed by atoms with Crippen molar-refractivity contribution in [3.8, 4) is 17.2 Å². The molecular formula is C20H24N2O4. The van der Waals surface area contributed by atoms with Gasteiger partial charge in [-0.05, 0) is 29.8 Å². The molecule has 1 heterocycles. The average Bonchev–Trinajstić information content (AvgIpc) is 2.69. The lowest BCUT2D eigenvalue weighted by Crippen LogP contribution is -2.44. The normalized spacial score (nSPS) is 16.7. The van der Waals surface area contributed by atoms with Gasteiger partial charge in [0, 0.05) is 25.6 Å². The Morgan fingerprint density at radius 1 is 1.19 bits per heavy atom. The number of amides is 1.